The van der Waals surface area contributed by atoms with Crippen molar-refractivity contribution >= 4 is 17.5 Å². The Kier molecular flexibility index (Phi) is 8.07. The van der Waals surface area contributed by atoms with E-state index in [0.29, 0.717) is 34.6 Å². The Bertz CT molecular complexity index is 681. The third kappa shape index (κ3) is 6.26. The number of hydrogen-bond donors (Lipinski definition) is 1. The standard InChI is InChI=1S/C23H35ClN2O3/c1-16(2)15-29-22-20(24)12-18(13-21(22)28-3)23(27)25-19-8-10-26(11-9-19)14-17-6-4-5-7-17/h12-13,16-17,19H,4-11,14-15H2,1-3H3,(H,25,27). The number of carbonyl (C=O) groups excluding carboxylic acids is 1. The first kappa shape index (κ1) is 22.2. The summed E-state index contributed by atoms with van der Waals surface area (Å²) in [6.07, 6.45) is 7.55. The molecule has 1 aliphatic heterocycles. The highest BCUT2D eigenvalue weighted by Crippen LogP contribution is 2.37. The van der Waals surface area contributed by atoms with Gasteiger partial charge in [0.15, 0.2) is 11.5 Å². The van der Waals surface area contributed by atoms with Crippen LogP contribution in [-0.2, 0) is 0 Å². The van der Waals surface area contributed by atoms with Gasteiger partial charge in [0.2, 0.25) is 0 Å². The highest BCUT2D eigenvalue weighted by molar-refractivity contribution is 6.32. The fraction of sp³-hybridized carbons (Fsp3) is 0.696. The number of carbonyl (C=O) groups is 1. The average molecular weight is 423 g/mol. The lowest BCUT2D eigenvalue weighted by Crippen LogP contribution is -2.45. The van der Waals surface area contributed by atoms with Gasteiger partial charge in [-0.2, -0.15) is 0 Å². The summed E-state index contributed by atoms with van der Waals surface area (Å²) >= 11 is 6.39. The number of rotatable bonds is 8. The maximum atomic E-state index is 12.8. The number of hydrogen-bond acceptors (Lipinski definition) is 4. The van der Waals surface area contributed by atoms with E-state index < -0.39 is 0 Å². The van der Waals surface area contributed by atoms with Crippen molar-refractivity contribution in [2.45, 2.75) is 58.4 Å². The van der Waals surface area contributed by atoms with Gasteiger partial charge in [-0.1, -0.05) is 38.3 Å². The molecule has 1 N–H and O–H groups in total. The minimum atomic E-state index is -0.102. The second kappa shape index (κ2) is 10.5. The van der Waals surface area contributed by atoms with Gasteiger partial charge >= 0.3 is 0 Å². The zero-order valence-corrected chi connectivity index (χ0v) is 18.8. The molecule has 0 bridgehead atoms. The molecular weight excluding hydrogens is 388 g/mol. The van der Waals surface area contributed by atoms with E-state index in [1.165, 1.54) is 32.2 Å². The van der Waals surface area contributed by atoms with Gasteiger partial charge in [-0.25, -0.2) is 0 Å². The van der Waals surface area contributed by atoms with Crippen LogP contribution in [0.15, 0.2) is 12.1 Å². The van der Waals surface area contributed by atoms with Crippen LogP contribution in [0.3, 0.4) is 0 Å². The lowest BCUT2D eigenvalue weighted by atomic mass is 10.0. The van der Waals surface area contributed by atoms with Crippen LogP contribution in [0.5, 0.6) is 11.5 Å². The highest BCUT2D eigenvalue weighted by Gasteiger charge is 2.25. The molecule has 162 valence electrons. The van der Waals surface area contributed by atoms with Crippen LogP contribution in [0.4, 0.5) is 0 Å². The molecule has 5 nitrogen and oxygen atoms in total. The summed E-state index contributed by atoms with van der Waals surface area (Å²) in [7, 11) is 1.57. The van der Waals surface area contributed by atoms with Crippen molar-refractivity contribution in [3.63, 3.8) is 0 Å². The lowest BCUT2D eigenvalue weighted by Gasteiger charge is -2.33. The number of halogens is 1. The Hall–Kier alpha value is -1.46. The van der Waals surface area contributed by atoms with Crippen LogP contribution >= 0.6 is 11.6 Å². The maximum absolute atomic E-state index is 12.8. The van der Waals surface area contributed by atoms with Crippen LogP contribution in [-0.4, -0.2) is 50.2 Å². The molecule has 1 heterocycles. The molecule has 0 aromatic heterocycles. The minimum Gasteiger partial charge on any atom is -0.493 e. The van der Waals surface area contributed by atoms with Crippen LogP contribution in [0.2, 0.25) is 5.02 Å². The van der Waals surface area contributed by atoms with Crippen molar-refractivity contribution in [2.75, 3.05) is 33.4 Å². The molecule has 1 aliphatic carbocycles. The third-order valence-corrected chi connectivity index (χ3v) is 6.25. The van der Waals surface area contributed by atoms with Crippen molar-refractivity contribution < 1.29 is 14.3 Å². The second-order valence-electron chi connectivity index (χ2n) is 8.89. The smallest absolute Gasteiger partial charge is 0.251 e. The number of likely N-dealkylation sites (tertiary alicyclic amines) is 1. The van der Waals surface area contributed by atoms with E-state index in [9.17, 15) is 4.79 Å². The molecule has 2 fully saturated rings. The Morgan fingerprint density at radius 2 is 1.90 bits per heavy atom. The summed E-state index contributed by atoms with van der Waals surface area (Å²) in [6, 6.07) is 3.60. The first-order valence-electron chi connectivity index (χ1n) is 11.0. The quantitative estimate of drug-likeness (QED) is 0.655. The predicted molar refractivity (Wildman–Crippen MR) is 117 cm³/mol. The summed E-state index contributed by atoms with van der Waals surface area (Å²) in [5.74, 6) is 2.15. The molecule has 1 aromatic carbocycles. The number of ether oxygens (including phenoxy) is 2. The Labute approximate surface area is 180 Å². The molecule has 1 aromatic rings. The summed E-state index contributed by atoms with van der Waals surface area (Å²) in [6.45, 7) is 8.04. The lowest BCUT2D eigenvalue weighted by molar-refractivity contribution is 0.0905. The number of methoxy groups -OCH3 is 1. The molecule has 0 spiro atoms. The third-order valence-electron chi connectivity index (χ3n) is 5.97. The number of nitrogens with one attached hydrogen (secondary N) is 1. The zero-order chi connectivity index (χ0) is 20.8. The summed E-state index contributed by atoms with van der Waals surface area (Å²) in [4.78, 5) is 15.4. The van der Waals surface area contributed by atoms with Crippen molar-refractivity contribution in [1.82, 2.24) is 10.2 Å². The van der Waals surface area contributed by atoms with Crippen molar-refractivity contribution in [2.24, 2.45) is 11.8 Å². The van der Waals surface area contributed by atoms with Gasteiger partial charge in [-0.3, -0.25) is 4.79 Å². The van der Waals surface area contributed by atoms with Gasteiger partial charge in [0.1, 0.15) is 0 Å². The first-order chi connectivity index (χ1) is 14.0. The molecule has 0 radical (unpaired) electrons. The average Bonchev–Trinajstić information content (AvgIpc) is 3.20. The molecule has 3 rings (SSSR count). The van der Waals surface area contributed by atoms with Gasteiger partial charge in [-0.15, -0.1) is 0 Å². The minimum absolute atomic E-state index is 0.102. The number of amides is 1. The molecule has 0 atom stereocenters. The topological polar surface area (TPSA) is 50.8 Å². The van der Waals surface area contributed by atoms with Crippen molar-refractivity contribution in [3.8, 4) is 11.5 Å². The van der Waals surface area contributed by atoms with Crippen LogP contribution in [0.1, 0.15) is 62.7 Å². The fourth-order valence-electron chi connectivity index (χ4n) is 4.33. The van der Waals surface area contributed by atoms with E-state index in [1.807, 2.05) is 0 Å². The number of piperidine rings is 1. The Morgan fingerprint density at radius 1 is 1.21 bits per heavy atom. The van der Waals surface area contributed by atoms with E-state index in [4.69, 9.17) is 21.1 Å². The largest absolute Gasteiger partial charge is 0.493 e. The van der Waals surface area contributed by atoms with Crippen molar-refractivity contribution in [1.29, 1.82) is 0 Å². The van der Waals surface area contributed by atoms with E-state index in [1.54, 1.807) is 19.2 Å². The van der Waals surface area contributed by atoms with Gasteiger partial charge < -0.3 is 19.7 Å². The molecule has 1 saturated carbocycles. The van der Waals surface area contributed by atoms with Gasteiger partial charge in [0, 0.05) is 31.2 Å². The normalized spacial score (nSPS) is 18.9. The summed E-state index contributed by atoms with van der Waals surface area (Å²) < 4.78 is 11.2. The van der Waals surface area contributed by atoms with E-state index in [0.717, 1.165) is 31.8 Å². The van der Waals surface area contributed by atoms with E-state index in [2.05, 4.69) is 24.1 Å². The Morgan fingerprint density at radius 3 is 2.52 bits per heavy atom. The Balaban J connectivity index is 1.54. The molecule has 6 heteroatoms. The maximum Gasteiger partial charge on any atom is 0.251 e. The predicted octanol–water partition coefficient (Wildman–Crippen LogP) is 4.77. The molecule has 29 heavy (non-hydrogen) atoms. The number of benzene rings is 1. The summed E-state index contributed by atoms with van der Waals surface area (Å²) in [5.41, 5.74) is 0.511. The first-order valence-corrected chi connectivity index (χ1v) is 11.4. The second-order valence-corrected chi connectivity index (χ2v) is 9.30. The molecular formula is C23H35ClN2O3. The zero-order valence-electron chi connectivity index (χ0n) is 18.0. The van der Waals surface area contributed by atoms with Crippen LogP contribution in [0.25, 0.3) is 0 Å². The summed E-state index contributed by atoms with van der Waals surface area (Å²) in [5, 5.41) is 3.58. The van der Waals surface area contributed by atoms with Crippen molar-refractivity contribution in [3.05, 3.63) is 22.7 Å². The van der Waals surface area contributed by atoms with E-state index in [-0.39, 0.29) is 11.9 Å². The van der Waals surface area contributed by atoms with Gasteiger partial charge in [0.25, 0.3) is 5.91 Å². The van der Waals surface area contributed by atoms with E-state index >= 15 is 0 Å². The molecule has 1 saturated heterocycles. The fourth-order valence-corrected chi connectivity index (χ4v) is 4.59. The highest BCUT2D eigenvalue weighted by atomic mass is 35.5. The van der Waals surface area contributed by atoms with Crippen LogP contribution in [0, 0.1) is 11.8 Å². The number of nitrogens with zero attached hydrogens (tertiary/aromatic N) is 1. The van der Waals surface area contributed by atoms with Gasteiger partial charge in [0.05, 0.1) is 18.7 Å². The molecule has 2 aliphatic rings. The van der Waals surface area contributed by atoms with Gasteiger partial charge in [-0.05, 0) is 49.7 Å². The monoisotopic (exact) mass is 422 g/mol. The molecule has 0 unspecified atom stereocenters. The SMILES string of the molecule is COc1cc(C(=O)NC2CCN(CC3CCCC3)CC2)cc(Cl)c1OCC(C)C. The molecule has 1 amide bonds. The van der Waals surface area contributed by atoms with Crippen LogP contribution < -0.4 is 14.8 Å².